The van der Waals surface area contributed by atoms with Gasteiger partial charge >= 0.3 is 0 Å². The monoisotopic (exact) mass is 310 g/mol. The highest BCUT2D eigenvalue weighted by Gasteiger charge is 2.23. The summed E-state index contributed by atoms with van der Waals surface area (Å²) in [5, 5.41) is 2.03. The molecule has 0 saturated carbocycles. The number of pyridine rings is 1. The van der Waals surface area contributed by atoms with Crippen molar-refractivity contribution in [1.29, 1.82) is 0 Å². The molecule has 0 saturated heterocycles. The average Bonchev–Trinajstić information content (AvgIpc) is 2.99. The number of hydrogen-bond donors (Lipinski definition) is 2. The molecule has 0 unspecified atom stereocenters. The molecule has 5 nitrogen and oxygen atoms in total. The van der Waals surface area contributed by atoms with Gasteiger partial charge in [0.15, 0.2) is 0 Å². The molecule has 22 heavy (non-hydrogen) atoms. The summed E-state index contributed by atoms with van der Waals surface area (Å²) in [6.07, 6.45) is 1.88. The van der Waals surface area contributed by atoms with Gasteiger partial charge in [-0.15, -0.1) is 11.8 Å². The Kier molecular flexibility index (Phi) is 3.04. The predicted molar refractivity (Wildman–Crippen MR) is 88.8 cm³/mol. The Morgan fingerprint density at radius 2 is 2.14 bits per heavy atom. The number of aromatic amines is 1. The number of amides is 1. The summed E-state index contributed by atoms with van der Waals surface area (Å²) in [5.41, 5.74) is 8.81. The number of nitrogens with two attached hydrogens (primary N) is 1. The number of anilines is 2. The molecular weight excluding hydrogens is 296 g/mol. The lowest BCUT2D eigenvalue weighted by Crippen LogP contribution is -2.27. The van der Waals surface area contributed by atoms with Crippen molar-refractivity contribution >= 4 is 40.1 Å². The van der Waals surface area contributed by atoms with Crippen LogP contribution >= 0.6 is 11.8 Å². The summed E-state index contributed by atoms with van der Waals surface area (Å²) in [4.78, 5) is 21.7. The quantitative estimate of drug-likeness (QED) is 0.763. The van der Waals surface area contributed by atoms with Crippen LogP contribution in [-0.4, -0.2) is 28.2 Å². The summed E-state index contributed by atoms with van der Waals surface area (Å²) in [5.74, 6) is 0.505. The minimum atomic E-state index is -0.411. The number of fused-ring (bicyclic) bond motifs is 2. The van der Waals surface area contributed by atoms with Crippen LogP contribution < -0.4 is 10.6 Å². The number of H-pyrrole nitrogens is 1. The van der Waals surface area contributed by atoms with E-state index in [0.29, 0.717) is 5.56 Å². The molecule has 1 aliphatic heterocycles. The van der Waals surface area contributed by atoms with Crippen LogP contribution in [0.25, 0.3) is 11.0 Å². The van der Waals surface area contributed by atoms with Gasteiger partial charge < -0.3 is 15.6 Å². The van der Waals surface area contributed by atoms with Gasteiger partial charge in [-0.2, -0.15) is 0 Å². The Morgan fingerprint density at radius 1 is 1.27 bits per heavy atom. The van der Waals surface area contributed by atoms with E-state index in [1.54, 1.807) is 17.8 Å². The number of aromatic nitrogens is 2. The molecule has 0 radical (unpaired) electrons. The molecule has 0 aliphatic carbocycles. The molecule has 6 heteroatoms. The molecule has 0 bridgehead atoms. The topological polar surface area (TPSA) is 75.0 Å². The Labute approximate surface area is 131 Å². The molecule has 4 rings (SSSR count). The van der Waals surface area contributed by atoms with Crippen LogP contribution in [-0.2, 0) is 0 Å². The van der Waals surface area contributed by atoms with Gasteiger partial charge in [0.1, 0.15) is 10.7 Å². The average molecular weight is 310 g/mol. The van der Waals surface area contributed by atoms with E-state index in [2.05, 4.69) is 20.9 Å². The normalized spacial score (nSPS) is 14.1. The van der Waals surface area contributed by atoms with Crippen molar-refractivity contribution in [2.45, 2.75) is 5.03 Å². The SMILES string of the molecule is NC(=O)c1ccccc1N1CCSc2nc3[nH]ccc3cc21. The molecule has 3 N–H and O–H groups in total. The third-order valence-corrected chi connectivity index (χ3v) is 4.75. The zero-order valence-corrected chi connectivity index (χ0v) is 12.6. The number of para-hydroxylation sites is 1. The van der Waals surface area contributed by atoms with Gasteiger partial charge in [-0.05, 0) is 24.3 Å². The van der Waals surface area contributed by atoms with E-state index in [4.69, 9.17) is 5.73 Å². The number of primary amides is 1. The number of nitrogens with one attached hydrogen (secondary N) is 1. The van der Waals surface area contributed by atoms with E-state index in [0.717, 1.165) is 39.7 Å². The minimum absolute atomic E-state index is 0.411. The first-order valence-corrected chi connectivity index (χ1v) is 8.00. The maximum absolute atomic E-state index is 11.7. The van der Waals surface area contributed by atoms with E-state index in [1.165, 1.54) is 0 Å². The Balaban J connectivity index is 1.90. The summed E-state index contributed by atoms with van der Waals surface area (Å²) < 4.78 is 0. The molecular formula is C16H14N4OS. The fraction of sp³-hybridized carbons (Fsp3) is 0.125. The zero-order valence-electron chi connectivity index (χ0n) is 11.7. The second-order valence-corrected chi connectivity index (χ2v) is 6.19. The molecule has 0 spiro atoms. The summed E-state index contributed by atoms with van der Waals surface area (Å²) in [6, 6.07) is 11.6. The van der Waals surface area contributed by atoms with E-state index in [9.17, 15) is 4.79 Å². The van der Waals surface area contributed by atoms with Crippen LogP contribution in [0.5, 0.6) is 0 Å². The van der Waals surface area contributed by atoms with E-state index < -0.39 is 5.91 Å². The van der Waals surface area contributed by atoms with Crippen LogP contribution in [0.3, 0.4) is 0 Å². The standard InChI is InChI=1S/C16H14N4OS/c17-14(21)11-3-1-2-4-12(11)20-7-8-22-16-13(20)9-10-5-6-18-15(10)19-16/h1-6,9H,7-8H2,(H2,17,21)(H,18,19). The van der Waals surface area contributed by atoms with Crippen molar-refractivity contribution in [3.05, 3.63) is 48.2 Å². The van der Waals surface area contributed by atoms with Gasteiger partial charge in [0, 0.05) is 23.9 Å². The number of nitrogens with zero attached hydrogens (tertiary/aromatic N) is 2. The van der Waals surface area contributed by atoms with Crippen molar-refractivity contribution in [2.75, 3.05) is 17.2 Å². The van der Waals surface area contributed by atoms with Gasteiger partial charge in [0.2, 0.25) is 0 Å². The molecule has 3 aromatic rings. The maximum atomic E-state index is 11.7. The number of carbonyl (C=O) groups excluding carboxylic acids is 1. The van der Waals surface area contributed by atoms with Gasteiger partial charge in [0.05, 0.1) is 16.9 Å². The van der Waals surface area contributed by atoms with Crippen molar-refractivity contribution in [2.24, 2.45) is 5.73 Å². The smallest absolute Gasteiger partial charge is 0.250 e. The molecule has 1 amide bonds. The Hall–Kier alpha value is -2.47. The highest BCUT2D eigenvalue weighted by molar-refractivity contribution is 7.99. The van der Waals surface area contributed by atoms with Gasteiger partial charge in [-0.3, -0.25) is 4.79 Å². The van der Waals surface area contributed by atoms with E-state index in [-0.39, 0.29) is 0 Å². The number of hydrogen-bond acceptors (Lipinski definition) is 4. The lowest BCUT2D eigenvalue weighted by molar-refractivity contribution is 0.100. The molecule has 0 fully saturated rings. The molecule has 0 atom stereocenters. The van der Waals surface area contributed by atoms with Crippen LogP contribution in [0.1, 0.15) is 10.4 Å². The second kappa shape index (κ2) is 5.06. The number of benzene rings is 1. The van der Waals surface area contributed by atoms with Gasteiger partial charge in [-0.25, -0.2) is 4.98 Å². The van der Waals surface area contributed by atoms with Crippen molar-refractivity contribution in [3.8, 4) is 0 Å². The Morgan fingerprint density at radius 3 is 3.00 bits per heavy atom. The van der Waals surface area contributed by atoms with Crippen LogP contribution in [0.2, 0.25) is 0 Å². The lowest BCUT2D eigenvalue weighted by atomic mass is 10.1. The van der Waals surface area contributed by atoms with Crippen molar-refractivity contribution in [3.63, 3.8) is 0 Å². The summed E-state index contributed by atoms with van der Waals surface area (Å²) >= 11 is 1.73. The highest BCUT2D eigenvalue weighted by Crippen LogP contribution is 2.40. The van der Waals surface area contributed by atoms with E-state index >= 15 is 0 Å². The lowest BCUT2D eigenvalue weighted by Gasteiger charge is -2.31. The number of thioether (sulfide) groups is 1. The summed E-state index contributed by atoms with van der Waals surface area (Å²) in [6.45, 7) is 0.819. The first kappa shape index (κ1) is 13.2. The zero-order chi connectivity index (χ0) is 15.1. The largest absolute Gasteiger partial charge is 0.366 e. The second-order valence-electron chi connectivity index (χ2n) is 5.11. The van der Waals surface area contributed by atoms with Gasteiger partial charge in [0.25, 0.3) is 5.91 Å². The molecule has 1 aromatic carbocycles. The molecule has 110 valence electrons. The van der Waals surface area contributed by atoms with Crippen molar-refractivity contribution in [1.82, 2.24) is 9.97 Å². The minimum Gasteiger partial charge on any atom is -0.366 e. The third kappa shape index (κ3) is 2.03. The van der Waals surface area contributed by atoms with Gasteiger partial charge in [-0.1, -0.05) is 12.1 Å². The first-order valence-electron chi connectivity index (χ1n) is 7.01. The summed E-state index contributed by atoms with van der Waals surface area (Å²) in [7, 11) is 0. The number of rotatable bonds is 2. The first-order chi connectivity index (χ1) is 10.7. The fourth-order valence-corrected chi connectivity index (χ4v) is 3.72. The van der Waals surface area contributed by atoms with Crippen LogP contribution in [0, 0.1) is 0 Å². The Bertz CT molecular complexity index is 873. The molecule has 1 aliphatic rings. The highest BCUT2D eigenvalue weighted by atomic mass is 32.2. The predicted octanol–water partition coefficient (Wildman–Crippen LogP) is 2.91. The van der Waals surface area contributed by atoms with Crippen LogP contribution in [0.15, 0.2) is 47.6 Å². The third-order valence-electron chi connectivity index (χ3n) is 3.79. The van der Waals surface area contributed by atoms with Crippen LogP contribution in [0.4, 0.5) is 11.4 Å². The van der Waals surface area contributed by atoms with Crippen molar-refractivity contribution < 1.29 is 4.79 Å². The maximum Gasteiger partial charge on any atom is 0.250 e. The molecule has 2 aromatic heterocycles. The fourth-order valence-electron chi connectivity index (χ4n) is 2.78. The van der Waals surface area contributed by atoms with E-state index in [1.807, 2.05) is 30.5 Å². The number of carbonyl (C=O) groups is 1. The molecule has 3 heterocycles.